The molecule has 3 heterocycles. The second-order valence-corrected chi connectivity index (χ2v) is 8.11. The van der Waals surface area contributed by atoms with E-state index in [0.717, 1.165) is 10.5 Å². The Morgan fingerprint density at radius 2 is 2.03 bits per heavy atom. The summed E-state index contributed by atoms with van der Waals surface area (Å²) in [6.07, 6.45) is -3.76. The van der Waals surface area contributed by atoms with Crippen LogP contribution >= 0.6 is 15.9 Å². The number of hydrogen-bond donors (Lipinski definition) is 0. The van der Waals surface area contributed by atoms with E-state index in [1.54, 1.807) is 0 Å². The number of pyridine rings is 1. The third kappa shape index (κ3) is 4.02. The Kier molecular flexibility index (Phi) is 5.80. The van der Waals surface area contributed by atoms with Crippen LogP contribution in [0.5, 0.6) is 0 Å². The van der Waals surface area contributed by atoms with E-state index >= 15 is 0 Å². The monoisotopic (exact) mass is 513 g/mol. The van der Waals surface area contributed by atoms with Gasteiger partial charge < -0.3 is 9.64 Å². The molecule has 1 fully saturated rings. The summed E-state index contributed by atoms with van der Waals surface area (Å²) in [5.74, 6) is -1.33. The van der Waals surface area contributed by atoms with Crippen molar-refractivity contribution >= 4 is 27.5 Å². The molecule has 1 amide bonds. The molecule has 0 N–H and O–H groups in total. The molecule has 1 aliphatic heterocycles. The summed E-state index contributed by atoms with van der Waals surface area (Å²) in [6, 6.07) is 6.61. The summed E-state index contributed by atoms with van der Waals surface area (Å²) >= 11 is 2.67. The maximum absolute atomic E-state index is 14.9. The zero-order valence-electron chi connectivity index (χ0n) is 16.6. The molecular formula is C21H16BrF4N3O3. The number of morpholine rings is 1. The fraction of sp³-hybridized carbons (Fsp3) is 0.286. The first-order valence-corrected chi connectivity index (χ1v) is 10.4. The van der Waals surface area contributed by atoms with Gasteiger partial charge in [-0.25, -0.2) is 9.37 Å². The lowest BCUT2D eigenvalue weighted by atomic mass is 10.0. The minimum Gasteiger partial charge on any atom is -0.375 e. The van der Waals surface area contributed by atoms with E-state index in [2.05, 4.69) is 20.9 Å². The second kappa shape index (κ2) is 8.28. The highest BCUT2D eigenvalue weighted by molar-refractivity contribution is 9.10. The van der Waals surface area contributed by atoms with Gasteiger partial charge in [-0.15, -0.1) is 0 Å². The van der Waals surface area contributed by atoms with Gasteiger partial charge in [0.25, 0.3) is 11.5 Å². The van der Waals surface area contributed by atoms with Gasteiger partial charge in [-0.05, 0) is 52.7 Å². The standard InChI is InChI=1S/C21H16BrF4N3O3/c1-11-10-28(7-8-32-11)19(30)14-5-4-12(9-15(14)23)13-3-2-6-29-18(13)27-17(21(24,25)26)16(22)20(29)31/h2-6,9,11H,7-8,10H2,1H3/t11-/m0/s1. The SMILES string of the molecule is C[C@H]1CN(C(=O)c2ccc(-c3cccn4c(=O)c(Br)c(C(F)(F)F)nc34)cc2F)CCO1. The molecule has 0 unspecified atom stereocenters. The molecule has 2 aromatic heterocycles. The molecular weight excluding hydrogens is 498 g/mol. The highest BCUT2D eigenvalue weighted by atomic mass is 79.9. The van der Waals surface area contributed by atoms with E-state index in [9.17, 15) is 27.2 Å². The smallest absolute Gasteiger partial charge is 0.375 e. The topological polar surface area (TPSA) is 63.9 Å². The predicted molar refractivity (Wildman–Crippen MR) is 111 cm³/mol. The number of aromatic nitrogens is 2. The van der Waals surface area contributed by atoms with Gasteiger partial charge in [0, 0.05) is 24.8 Å². The summed E-state index contributed by atoms with van der Waals surface area (Å²) in [7, 11) is 0. The molecule has 0 saturated carbocycles. The fourth-order valence-electron chi connectivity index (χ4n) is 3.58. The van der Waals surface area contributed by atoms with E-state index in [1.165, 1.54) is 35.4 Å². The predicted octanol–water partition coefficient (Wildman–Crippen LogP) is 4.14. The Labute approximate surface area is 187 Å². The molecule has 0 spiro atoms. The van der Waals surface area contributed by atoms with Crippen LogP contribution in [0.4, 0.5) is 17.6 Å². The van der Waals surface area contributed by atoms with Crippen LogP contribution in [0.1, 0.15) is 23.0 Å². The van der Waals surface area contributed by atoms with Gasteiger partial charge in [-0.3, -0.25) is 14.0 Å². The molecule has 168 valence electrons. The summed E-state index contributed by atoms with van der Waals surface area (Å²) in [5.41, 5.74) is -2.47. The molecule has 6 nitrogen and oxygen atoms in total. The first-order valence-electron chi connectivity index (χ1n) is 9.57. The number of nitrogens with zero attached hydrogens (tertiary/aromatic N) is 3. The Balaban J connectivity index is 1.80. The Bertz CT molecular complexity index is 1280. The largest absolute Gasteiger partial charge is 0.434 e. The third-order valence-corrected chi connectivity index (χ3v) is 5.82. The van der Waals surface area contributed by atoms with Crippen molar-refractivity contribution in [2.75, 3.05) is 19.7 Å². The van der Waals surface area contributed by atoms with Gasteiger partial charge >= 0.3 is 6.18 Å². The van der Waals surface area contributed by atoms with E-state index in [1.807, 2.05) is 6.92 Å². The van der Waals surface area contributed by atoms with Crippen LogP contribution in [-0.2, 0) is 10.9 Å². The minimum absolute atomic E-state index is 0.112. The van der Waals surface area contributed by atoms with E-state index in [4.69, 9.17) is 4.74 Å². The quantitative estimate of drug-likeness (QED) is 0.483. The van der Waals surface area contributed by atoms with Crippen molar-refractivity contribution in [3.63, 3.8) is 0 Å². The number of ether oxygens (including phenoxy) is 1. The van der Waals surface area contributed by atoms with Crippen molar-refractivity contribution < 1.29 is 27.1 Å². The molecule has 1 atom stereocenters. The Morgan fingerprint density at radius 1 is 1.28 bits per heavy atom. The molecule has 0 bridgehead atoms. The molecule has 4 rings (SSSR count). The van der Waals surface area contributed by atoms with Crippen molar-refractivity contribution in [2.45, 2.75) is 19.2 Å². The van der Waals surface area contributed by atoms with Gasteiger partial charge in [-0.2, -0.15) is 13.2 Å². The van der Waals surface area contributed by atoms with Crippen LogP contribution in [0, 0.1) is 5.82 Å². The number of rotatable bonds is 2. The number of benzene rings is 1. The van der Waals surface area contributed by atoms with Crippen molar-refractivity contribution in [3.05, 3.63) is 68.4 Å². The number of amides is 1. The maximum atomic E-state index is 14.9. The number of hydrogen-bond acceptors (Lipinski definition) is 4. The molecule has 1 aromatic carbocycles. The van der Waals surface area contributed by atoms with E-state index in [0.29, 0.717) is 19.7 Å². The Morgan fingerprint density at radius 3 is 2.69 bits per heavy atom. The molecule has 0 aliphatic carbocycles. The van der Waals surface area contributed by atoms with Crippen LogP contribution in [0.15, 0.2) is 45.8 Å². The summed E-state index contributed by atoms with van der Waals surface area (Å²) < 4.78 is 60.6. The van der Waals surface area contributed by atoms with Crippen LogP contribution < -0.4 is 5.56 Å². The fourth-order valence-corrected chi connectivity index (χ4v) is 4.09. The highest BCUT2D eigenvalue weighted by Crippen LogP contribution is 2.33. The lowest BCUT2D eigenvalue weighted by Gasteiger charge is -2.31. The van der Waals surface area contributed by atoms with E-state index < -0.39 is 33.6 Å². The molecule has 32 heavy (non-hydrogen) atoms. The molecule has 1 saturated heterocycles. The zero-order valence-corrected chi connectivity index (χ0v) is 18.2. The molecule has 3 aromatic rings. The van der Waals surface area contributed by atoms with Crippen molar-refractivity contribution in [2.24, 2.45) is 0 Å². The van der Waals surface area contributed by atoms with Crippen molar-refractivity contribution in [1.29, 1.82) is 0 Å². The average molecular weight is 514 g/mol. The molecule has 1 aliphatic rings. The van der Waals surface area contributed by atoms with Crippen LogP contribution in [0.25, 0.3) is 16.8 Å². The summed E-state index contributed by atoms with van der Waals surface area (Å²) in [6.45, 7) is 2.81. The van der Waals surface area contributed by atoms with Crippen LogP contribution in [0.2, 0.25) is 0 Å². The van der Waals surface area contributed by atoms with Gasteiger partial charge in [0.1, 0.15) is 15.9 Å². The summed E-state index contributed by atoms with van der Waals surface area (Å²) in [5, 5.41) is 0. The van der Waals surface area contributed by atoms with Gasteiger partial charge in [0.2, 0.25) is 0 Å². The van der Waals surface area contributed by atoms with Gasteiger partial charge in [0.15, 0.2) is 5.69 Å². The van der Waals surface area contributed by atoms with E-state index in [-0.39, 0.29) is 28.4 Å². The summed E-state index contributed by atoms with van der Waals surface area (Å²) in [4.78, 5) is 30.3. The first kappa shape index (κ1) is 22.4. The highest BCUT2D eigenvalue weighted by Gasteiger charge is 2.37. The van der Waals surface area contributed by atoms with Gasteiger partial charge in [-0.1, -0.05) is 6.07 Å². The lowest BCUT2D eigenvalue weighted by Crippen LogP contribution is -2.44. The van der Waals surface area contributed by atoms with Gasteiger partial charge in [0.05, 0.1) is 18.3 Å². The Hall–Kier alpha value is -2.79. The average Bonchev–Trinajstić information content (AvgIpc) is 2.74. The molecule has 0 radical (unpaired) electrons. The number of fused-ring (bicyclic) bond motifs is 1. The van der Waals surface area contributed by atoms with Crippen LogP contribution in [-0.4, -0.2) is 46.0 Å². The number of carbonyl (C=O) groups excluding carboxylic acids is 1. The number of alkyl halides is 3. The normalized spacial score (nSPS) is 17.1. The minimum atomic E-state index is -4.86. The second-order valence-electron chi connectivity index (χ2n) is 7.32. The van der Waals surface area contributed by atoms with Crippen molar-refractivity contribution in [3.8, 4) is 11.1 Å². The molecule has 11 heteroatoms. The van der Waals surface area contributed by atoms with Crippen molar-refractivity contribution in [1.82, 2.24) is 14.3 Å². The lowest BCUT2D eigenvalue weighted by molar-refractivity contribution is -0.141. The van der Waals surface area contributed by atoms with Crippen LogP contribution in [0.3, 0.4) is 0 Å². The number of halogens is 5. The number of carbonyl (C=O) groups is 1. The first-order chi connectivity index (χ1) is 15.1. The third-order valence-electron chi connectivity index (χ3n) is 5.11. The zero-order chi connectivity index (χ0) is 23.2. The maximum Gasteiger partial charge on any atom is 0.434 e.